The number of quaternary nitrogens is 1. The summed E-state index contributed by atoms with van der Waals surface area (Å²) in [5.74, 6) is -2.31. The van der Waals surface area contributed by atoms with Crippen LogP contribution in [0, 0.1) is 11.8 Å². The second kappa shape index (κ2) is 11.9. The highest BCUT2D eigenvalue weighted by Gasteiger charge is 1.99. The Balaban J connectivity index is -0.0000000625. The molecule has 0 aliphatic heterocycles. The van der Waals surface area contributed by atoms with E-state index >= 15 is 0 Å². The molecule has 0 fully saturated rings. The summed E-state index contributed by atoms with van der Waals surface area (Å²) in [7, 11) is 0. The maximum Gasteiger partial charge on any atom is 0.305 e. The van der Waals surface area contributed by atoms with E-state index in [0.29, 0.717) is 0 Å². The Kier molecular flexibility index (Phi) is 19.5. The largest absolute Gasteiger partial charge is 0.550 e. The highest BCUT2D eigenvalue weighted by molar-refractivity contribution is 5.68. The van der Waals surface area contributed by atoms with Crippen molar-refractivity contribution in [2.45, 2.75) is 27.7 Å². The Hall–Kier alpha value is -1.14. The van der Waals surface area contributed by atoms with Crippen molar-refractivity contribution in [2.75, 3.05) is 0 Å². The van der Waals surface area contributed by atoms with Gasteiger partial charge in [0.05, 0.1) is 5.92 Å². The van der Waals surface area contributed by atoms with Crippen molar-refractivity contribution in [3.63, 3.8) is 0 Å². The Morgan fingerprint density at radius 1 is 1.07 bits per heavy atom. The molecule has 0 aliphatic rings. The van der Waals surface area contributed by atoms with Gasteiger partial charge in [-0.1, -0.05) is 27.7 Å². The lowest BCUT2D eigenvalue weighted by atomic mass is 10.2. The van der Waals surface area contributed by atoms with Gasteiger partial charge in [-0.25, -0.2) is 0 Å². The number of carbonyl (C=O) groups is 2. The summed E-state index contributed by atoms with van der Waals surface area (Å²) in [5, 5.41) is 17.6. The minimum atomic E-state index is -0.991. The molecule has 0 atom stereocenters. The topological polar surface area (TPSA) is 145 Å². The number of carboxylic acid groups (broad SMARTS) is 2. The van der Waals surface area contributed by atoms with E-state index in [-0.39, 0.29) is 23.5 Å². The second-order valence-corrected chi connectivity index (χ2v) is 2.97. The second-order valence-electron chi connectivity index (χ2n) is 2.97. The van der Waals surface area contributed by atoms with Crippen LogP contribution in [0.1, 0.15) is 27.7 Å². The molecule has 0 aromatic carbocycles. The first-order chi connectivity index (χ1) is 5.29. The molecule has 6 nitrogen and oxygen atoms in total. The van der Waals surface area contributed by atoms with Gasteiger partial charge in [-0.2, -0.15) is 0 Å². The molecule has 0 heterocycles. The zero-order valence-electron chi connectivity index (χ0n) is 9.33. The predicted molar refractivity (Wildman–Crippen MR) is 51.9 cm³/mol. The van der Waals surface area contributed by atoms with Crippen molar-refractivity contribution in [1.29, 1.82) is 0 Å². The van der Waals surface area contributed by atoms with Crippen LogP contribution < -0.4 is 11.3 Å². The van der Waals surface area contributed by atoms with E-state index in [2.05, 4.69) is 0 Å². The van der Waals surface area contributed by atoms with Crippen LogP contribution in [0.5, 0.6) is 0 Å². The number of hydrogen-bond donors (Lipinski definition) is 2. The molecule has 7 N–H and O–H groups in total. The van der Waals surface area contributed by atoms with Gasteiger partial charge in [0, 0.05) is 5.97 Å². The van der Waals surface area contributed by atoms with Crippen LogP contribution >= 0.6 is 0 Å². The molecule has 6 heteroatoms. The Labute approximate surface area is 83.8 Å². The number of carboxylic acids is 2. The lowest BCUT2D eigenvalue weighted by Gasteiger charge is -2.01. The maximum atomic E-state index is 9.70. The van der Waals surface area contributed by atoms with E-state index in [0.717, 1.165) is 0 Å². The van der Waals surface area contributed by atoms with E-state index in [1.165, 1.54) is 0 Å². The van der Waals surface area contributed by atoms with Gasteiger partial charge in [0.15, 0.2) is 0 Å². The van der Waals surface area contributed by atoms with Gasteiger partial charge in [0.25, 0.3) is 0 Å². The molecule has 14 heavy (non-hydrogen) atoms. The third kappa shape index (κ3) is 22.4. The number of carbonyl (C=O) groups excluding carboxylic acids is 1. The number of hydrogen-bond acceptors (Lipinski definition) is 3. The molecule has 88 valence electrons. The molecule has 0 amide bonds. The summed E-state index contributed by atoms with van der Waals surface area (Å²) in [6.07, 6.45) is 0. The molecule has 0 unspecified atom stereocenters. The first-order valence-corrected chi connectivity index (χ1v) is 3.72. The van der Waals surface area contributed by atoms with Crippen molar-refractivity contribution in [3.8, 4) is 0 Å². The van der Waals surface area contributed by atoms with Crippen LogP contribution in [0.4, 0.5) is 0 Å². The zero-order valence-corrected chi connectivity index (χ0v) is 9.33. The normalized spacial score (nSPS) is 7.86. The van der Waals surface area contributed by atoms with E-state index in [9.17, 15) is 14.7 Å². The van der Waals surface area contributed by atoms with Crippen molar-refractivity contribution in [1.82, 2.24) is 6.15 Å². The summed E-state index contributed by atoms with van der Waals surface area (Å²) < 4.78 is 0. The van der Waals surface area contributed by atoms with Crippen LogP contribution in [0.25, 0.3) is 0 Å². The Morgan fingerprint density at radius 2 is 1.21 bits per heavy atom. The highest BCUT2D eigenvalue weighted by atomic mass is 16.4. The minimum absolute atomic E-state index is 0. The molecule has 0 saturated carbocycles. The van der Waals surface area contributed by atoms with Gasteiger partial charge >= 0.3 is 5.97 Å². The van der Waals surface area contributed by atoms with Gasteiger partial charge in [-0.3, -0.25) is 4.79 Å². The van der Waals surface area contributed by atoms with Crippen LogP contribution in [0.15, 0.2) is 0 Å². The SMILES string of the molecule is CC(C)C(=O)O.CC(C)C(=O)[O-].O.[NH4+]. The molecule has 0 spiro atoms. The van der Waals surface area contributed by atoms with Crippen molar-refractivity contribution < 1.29 is 25.3 Å². The number of aliphatic carboxylic acids is 2. The Morgan fingerprint density at radius 3 is 1.21 bits per heavy atom. The third-order valence-electron chi connectivity index (χ3n) is 0.965. The summed E-state index contributed by atoms with van der Waals surface area (Å²) in [5.41, 5.74) is 0. The molecule has 0 aliphatic carbocycles. The fraction of sp³-hybridized carbons (Fsp3) is 0.750. The molecule has 0 saturated heterocycles. The zero-order chi connectivity index (χ0) is 10.3. The van der Waals surface area contributed by atoms with Crippen LogP contribution in [0.3, 0.4) is 0 Å². The van der Waals surface area contributed by atoms with Crippen LogP contribution in [-0.2, 0) is 9.59 Å². The monoisotopic (exact) mass is 211 g/mol. The lowest BCUT2D eigenvalue weighted by molar-refractivity contribution is -0.310. The first-order valence-electron chi connectivity index (χ1n) is 3.72. The van der Waals surface area contributed by atoms with Gasteiger partial charge < -0.3 is 26.6 Å². The van der Waals surface area contributed by atoms with E-state index in [1.54, 1.807) is 27.7 Å². The molecule has 0 rings (SSSR count). The third-order valence-corrected chi connectivity index (χ3v) is 0.965. The molecule has 0 aromatic rings. The van der Waals surface area contributed by atoms with Gasteiger partial charge in [-0.05, 0) is 5.92 Å². The summed E-state index contributed by atoms with van der Waals surface area (Å²) >= 11 is 0. The van der Waals surface area contributed by atoms with Gasteiger partial charge in [-0.15, -0.1) is 0 Å². The summed E-state index contributed by atoms with van der Waals surface area (Å²) in [6.45, 7) is 6.44. The molecular formula is C8H21NO5. The van der Waals surface area contributed by atoms with E-state index < -0.39 is 11.9 Å². The van der Waals surface area contributed by atoms with Gasteiger partial charge in [0.2, 0.25) is 0 Å². The maximum absolute atomic E-state index is 9.70. The average Bonchev–Trinajstić information content (AvgIpc) is 1.88. The smallest absolute Gasteiger partial charge is 0.305 e. The average molecular weight is 211 g/mol. The number of rotatable bonds is 2. The summed E-state index contributed by atoms with van der Waals surface area (Å²) in [4.78, 5) is 19.3. The Bertz CT molecular complexity index is 138. The van der Waals surface area contributed by atoms with Crippen LogP contribution in [0.2, 0.25) is 0 Å². The molecular weight excluding hydrogens is 190 g/mol. The van der Waals surface area contributed by atoms with E-state index in [4.69, 9.17) is 5.11 Å². The first kappa shape index (κ1) is 23.0. The van der Waals surface area contributed by atoms with E-state index in [1.807, 2.05) is 0 Å². The molecule has 0 aromatic heterocycles. The fourth-order valence-electron chi connectivity index (χ4n) is 0. The van der Waals surface area contributed by atoms with Crippen molar-refractivity contribution in [2.24, 2.45) is 11.8 Å². The lowest BCUT2D eigenvalue weighted by Crippen LogP contribution is -2.27. The van der Waals surface area contributed by atoms with Crippen LogP contribution in [-0.4, -0.2) is 22.5 Å². The molecule has 0 bridgehead atoms. The van der Waals surface area contributed by atoms with Gasteiger partial charge in [0.1, 0.15) is 0 Å². The summed E-state index contributed by atoms with van der Waals surface area (Å²) in [6, 6.07) is 0. The standard InChI is InChI=1S/2C4H8O2.H3N.H2O/c2*1-3(2)4(5)6;;/h2*3H,1-2H3,(H,5,6);1H3;1H2. The highest BCUT2D eigenvalue weighted by Crippen LogP contribution is 1.87. The predicted octanol–water partition coefficient (Wildman–Crippen LogP) is -0.329. The van der Waals surface area contributed by atoms with Crippen molar-refractivity contribution >= 4 is 11.9 Å². The fourth-order valence-corrected chi connectivity index (χ4v) is 0. The quantitative estimate of drug-likeness (QED) is 0.643. The minimum Gasteiger partial charge on any atom is -0.550 e. The molecule has 0 radical (unpaired) electrons. The van der Waals surface area contributed by atoms with Crippen molar-refractivity contribution in [3.05, 3.63) is 0 Å².